The minimum Gasteiger partial charge on any atom is -0.456 e. The van der Waals surface area contributed by atoms with E-state index in [0.717, 1.165) is 26.3 Å². The predicted molar refractivity (Wildman–Crippen MR) is 102 cm³/mol. The van der Waals surface area contributed by atoms with Gasteiger partial charge >= 0.3 is 17.9 Å². The Bertz CT molecular complexity index is 909. The van der Waals surface area contributed by atoms with E-state index in [-0.39, 0.29) is 4.90 Å². The van der Waals surface area contributed by atoms with E-state index >= 15 is 0 Å². The molecule has 1 N–H and O–H groups in total. The molecule has 1 aliphatic rings. The largest absolute Gasteiger partial charge is 0.456 e. The van der Waals surface area contributed by atoms with Crippen molar-refractivity contribution in [2.24, 2.45) is 0 Å². The maximum atomic E-state index is 12.5. The Morgan fingerprint density at radius 2 is 1.39 bits per heavy atom. The first kappa shape index (κ1) is 24.7. The molecule has 1 heterocycles. The molecule has 11 nitrogen and oxygen atoms in total. The molecule has 1 aromatic rings. The normalized spacial score (nSPS) is 26.0. The summed E-state index contributed by atoms with van der Waals surface area (Å²) in [5, 5.41) is 10.3. The van der Waals surface area contributed by atoms with Gasteiger partial charge in [-0.15, -0.1) is 0 Å². The van der Waals surface area contributed by atoms with Gasteiger partial charge in [-0.05, 0) is 19.1 Å². The molecule has 0 amide bonds. The van der Waals surface area contributed by atoms with E-state index in [1.54, 1.807) is 19.1 Å². The lowest BCUT2D eigenvalue weighted by Crippen LogP contribution is -2.62. The SMILES string of the molecule is CC(=O)O[C@H]1[C@@H](OC(C)=O)[C@H](COS(=O)(=O)c2ccc(C)cc2)O[C@@H](O)[C@H]1OC(C)=O. The van der Waals surface area contributed by atoms with Gasteiger partial charge in [-0.3, -0.25) is 18.6 Å². The van der Waals surface area contributed by atoms with Gasteiger partial charge in [0.2, 0.25) is 0 Å². The number of aliphatic hydroxyl groups excluding tert-OH is 1. The fraction of sp³-hybridized carbons (Fsp3) is 0.526. The lowest BCUT2D eigenvalue weighted by molar-refractivity contribution is -0.294. The summed E-state index contributed by atoms with van der Waals surface area (Å²) in [6, 6.07) is 5.87. The smallest absolute Gasteiger partial charge is 0.303 e. The van der Waals surface area contributed by atoms with Crippen molar-refractivity contribution in [2.45, 2.75) is 63.3 Å². The highest BCUT2D eigenvalue weighted by Gasteiger charge is 2.51. The molecule has 0 unspecified atom stereocenters. The number of esters is 3. The zero-order chi connectivity index (χ0) is 23.3. The molecule has 0 bridgehead atoms. The first-order valence-electron chi connectivity index (χ1n) is 9.22. The maximum Gasteiger partial charge on any atom is 0.303 e. The third-order valence-electron chi connectivity index (χ3n) is 4.21. The van der Waals surface area contributed by atoms with E-state index in [4.69, 9.17) is 23.1 Å². The molecule has 1 aliphatic heterocycles. The Hall–Kier alpha value is -2.54. The van der Waals surface area contributed by atoms with Crippen molar-refractivity contribution in [2.75, 3.05) is 6.61 Å². The van der Waals surface area contributed by atoms with Gasteiger partial charge < -0.3 is 24.1 Å². The monoisotopic (exact) mass is 460 g/mol. The van der Waals surface area contributed by atoms with Gasteiger partial charge in [0.1, 0.15) is 6.10 Å². The maximum absolute atomic E-state index is 12.5. The number of rotatable bonds is 7. The van der Waals surface area contributed by atoms with E-state index in [1.165, 1.54) is 12.1 Å². The number of ether oxygens (including phenoxy) is 4. The average Bonchev–Trinajstić information content (AvgIpc) is 2.65. The molecular formula is C19H24O11S. The van der Waals surface area contributed by atoms with Gasteiger partial charge in [0.25, 0.3) is 10.1 Å². The molecule has 172 valence electrons. The summed E-state index contributed by atoms with van der Waals surface area (Å²) >= 11 is 0. The molecule has 2 rings (SSSR count). The van der Waals surface area contributed by atoms with Crippen LogP contribution in [-0.2, 0) is 47.6 Å². The van der Waals surface area contributed by atoms with Crippen molar-refractivity contribution in [3.05, 3.63) is 29.8 Å². The van der Waals surface area contributed by atoms with Crippen LogP contribution in [-0.4, -0.2) is 68.7 Å². The summed E-state index contributed by atoms with van der Waals surface area (Å²) in [6.07, 6.45) is -7.59. The van der Waals surface area contributed by atoms with Crippen molar-refractivity contribution >= 4 is 28.0 Å². The van der Waals surface area contributed by atoms with Gasteiger partial charge in [0.15, 0.2) is 24.6 Å². The van der Waals surface area contributed by atoms with Crippen molar-refractivity contribution in [1.29, 1.82) is 0 Å². The van der Waals surface area contributed by atoms with E-state index in [1.807, 2.05) is 0 Å². The summed E-state index contributed by atoms with van der Waals surface area (Å²) in [4.78, 5) is 34.4. The van der Waals surface area contributed by atoms with E-state index in [9.17, 15) is 27.9 Å². The predicted octanol–water partition coefficient (Wildman–Crippen LogP) is 0.213. The van der Waals surface area contributed by atoms with Gasteiger partial charge in [-0.1, -0.05) is 17.7 Å². The number of aryl methyl sites for hydroxylation is 1. The molecule has 12 heteroatoms. The number of hydrogen-bond donors (Lipinski definition) is 1. The minimum atomic E-state index is -4.21. The van der Waals surface area contributed by atoms with Crippen molar-refractivity contribution in [1.82, 2.24) is 0 Å². The number of aliphatic hydroxyl groups is 1. The van der Waals surface area contributed by atoms with Crippen LogP contribution in [0.25, 0.3) is 0 Å². The van der Waals surface area contributed by atoms with Crippen LogP contribution < -0.4 is 0 Å². The fourth-order valence-electron chi connectivity index (χ4n) is 2.94. The Morgan fingerprint density at radius 3 is 1.90 bits per heavy atom. The van der Waals surface area contributed by atoms with E-state index in [0.29, 0.717) is 0 Å². The van der Waals surface area contributed by atoms with Crippen molar-refractivity contribution in [3.63, 3.8) is 0 Å². The molecule has 0 spiro atoms. The van der Waals surface area contributed by atoms with E-state index in [2.05, 4.69) is 0 Å². The van der Waals surface area contributed by atoms with Crippen molar-refractivity contribution < 1.29 is 51.0 Å². The second kappa shape index (κ2) is 10.2. The highest BCUT2D eigenvalue weighted by Crippen LogP contribution is 2.29. The fourth-order valence-corrected chi connectivity index (χ4v) is 3.85. The summed E-state index contributed by atoms with van der Waals surface area (Å²) in [7, 11) is -4.21. The first-order chi connectivity index (χ1) is 14.4. The summed E-state index contributed by atoms with van der Waals surface area (Å²) in [5.74, 6) is -2.45. The Kier molecular flexibility index (Phi) is 8.12. The Balaban J connectivity index is 2.29. The number of benzene rings is 1. The quantitative estimate of drug-likeness (QED) is 0.338. The Labute approximate surface area is 179 Å². The van der Waals surface area contributed by atoms with Gasteiger partial charge in [0.05, 0.1) is 11.5 Å². The molecule has 31 heavy (non-hydrogen) atoms. The number of carbonyl (C=O) groups excluding carboxylic acids is 3. The van der Waals surface area contributed by atoms with Crippen molar-refractivity contribution in [3.8, 4) is 0 Å². The van der Waals surface area contributed by atoms with Crippen LogP contribution >= 0.6 is 0 Å². The number of carbonyl (C=O) groups is 3. The first-order valence-corrected chi connectivity index (χ1v) is 10.6. The Morgan fingerprint density at radius 1 is 0.903 bits per heavy atom. The molecule has 0 aromatic heterocycles. The van der Waals surface area contributed by atoms with Crippen LogP contribution in [0.4, 0.5) is 0 Å². The lowest BCUT2D eigenvalue weighted by atomic mass is 9.98. The van der Waals surface area contributed by atoms with Crippen LogP contribution in [0.15, 0.2) is 29.2 Å². The topological polar surface area (TPSA) is 152 Å². The van der Waals surface area contributed by atoms with Gasteiger partial charge in [-0.2, -0.15) is 8.42 Å². The summed E-state index contributed by atoms with van der Waals surface area (Å²) in [6.45, 7) is 4.28. The van der Waals surface area contributed by atoms with Crippen LogP contribution in [0.1, 0.15) is 26.3 Å². The van der Waals surface area contributed by atoms with E-state index < -0.39 is 65.3 Å². The molecule has 1 aromatic carbocycles. The van der Waals surface area contributed by atoms with Crippen LogP contribution in [0.3, 0.4) is 0 Å². The molecule has 1 fully saturated rings. The third-order valence-corrected chi connectivity index (χ3v) is 5.51. The average molecular weight is 460 g/mol. The van der Waals surface area contributed by atoms with Crippen LogP contribution in [0, 0.1) is 6.92 Å². The lowest BCUT2D eigenvalue weighted by Gasteiger charge is -2.42. The molecule has 5 atom stereocenters. The summed E-state index contributed by atoms with van der Waals surface area (Å²) in [5.41, 5.74) is 0.841. The molecule has 0 saturated carbocycles. The molecular weight excluding hydrogens is 436 g/mol. The van der Waals surface area contributed by atoms with Crippen LogP contribution in [0.5, 0.6) is 0 Å². The second-order valence-electron chi connectivity index (χ2n) is 6.84. The minimum absolute atomic E-state index is 0.118. The van der Waals surface area contributed by atoms with Crippen LogP contribution in [0.2, 0.25) is 0 Å². The second-order valence-corrected chi connectivity index (χ2v) is 8.45. The highest BCUT2D eigenvalue weighted by atomic mass is 32.2. The molecule has 1 saturated heterocycles. The zero-order valence-corrected chi connectivity index (χ0v) is 18.2. The molecule has 0 aliphatic carbocycles. The van der Waals surface area contributed by atoms with Gasteiger partial charge in [-0.25, -0.2) is 0 Å². The van der Waals surface area contributed by atoms with Gasteiger partial charge in [0, 0.05) is 20.8 Å². The summed E-state index contributed by atoms with van der Waals surface area (Å²) < 4.78 is 50.5. The standard InChI is InChI=1S/C19H24O11S/c1-10-5-7-14(8-6-10)31(24,25)26-9-15-16(27-11(2)20)17(28-12(3)21)18(19(23)30-15)29-13(4)22/h5-8,15-19,23H,9H2,1-4H3/t15-,16-,17-,18-,19+/m0/s1. The third kappa shape index (κ3) is 6.72. The molecule has 0 radical (unpaired) electrons. The zero-order valence-electron chi connectivity index (χ0n) is 17.3. The highest BCUT2D eigenvalue weighted by molar-refractivity contribution is 7.86. The number of hydrogen-bond acceptors (Lipinski definition) is 11.